The number of pyridine rings is 1. The van der Waals surface area contributed by atoms with E-state index >= 15 is 0 Å². The number of hydrogen-bond donors (Lipinski definition) is 2. The minimum atomic E-state index is -0.246. The maximum absolute atomic E-state index is 12.4. The van der Waals surface area contributed by atoms with E-state index in [1.165, 1.54) is 18.2 Å². The average Bonchev–Trinajstić information content (AvgIpc) is 2.55. The molecule has 2 heterocycles. The van der Waals surface area contributed by atoms with Crippen LogP contribution in [-0.2, 0) is 17.8 Å². The summed E-state index contributed by atoms with van der Waals surface area (Å²) in [6.07, 6.45) is 2.31. The maximum atomic E-state index is 12.4. The molecule has 1 aliphatic heterocycles. The first-order valence-corrected chi connectivity index (χ1v) is 6.88. The number of benzene rings is 1. The number of ether oxygens (including phenoxy) is 1. The second-order valence-electron chi connectivity index (χ2n) is 4.96. The summed E-state index contributed by atoms with van der Waals surface area (Å²) in [7, 11) is 1.53. The number of methoxy groups -OCH3 is 1. The number of carbonyl (C=O) groups is 1. The van der Waals surface area contributed by atoms with Gasteiger partial charge in [-0.2, -0.15) is 0 Å². The Morgan fingerprint density at radius 3 is 2.90 bits per heavy atom. The Bertz CT molecular complexity index is 657. The smallest absolute Gasteiger partial charge is 0.242 e. The van der Waals surface area contributed by atoms with Gasteiger partial charge in [0, 0.05) is 12.7 Å². The van der Waals surface area contributed by atoms with E-state index in [0.717, 1.165) is 0 Å². The molecule has 1 aliphatic rings. The van der Waals surface area contributed by atoms with Gasteiger partial charge in [0.25, 0.3) is 0 Å². The van der Waals surface area contributed by atoms with E-state index in [-0.39, 0.29) is 11.9 Å². The zero-order chi connectivity index (χ0) is 14.7. The van der Waals surface area contributed by atoms with Gasteiger partial charge in [-0.1, -0.05) is 24.3 Å². The SMILES string of the molecule is COc1ncccc1NC(=O)C1Cc2ccccc2CN1. The van der Waals surface area contributed by atoms with Crippen LogP contribution in [0.3, 0.4) is 0 Å². The molecule has 1 unspecified atom stereocenters. The lowest BCUT2D eigenvalue weighted by atomic mass is 9.95. The zero-order valence-corrected chi connectivity index (χ0v) is 11.8. The van der Waals surface area contributed by atoms with Crippen LogP contribution in [0.2, 0.25) is 0 Å². The Balaban J connectivity index is 1.72. The standard InChI is InChI=1S/C16H17N3O2/c1-21-16-13(7-4-8-17-16)19-15(20)14-9-11-5-2-3-6-12(11)10-18-14/h2-8,14,18H,9-10H2,1H3,(H,19,20). The van der Waals surface area contributed by atoms with Gasteiger partial charge in [-0.05, 0) is 29.7 Å². The van der Waals surface area contributed by atoms with Crippen molar-refractivity contribution in [1.29, 1.82) is 0 Å². The third-order valence-corrected chi connectivity index (χ3v) is 3.62. The number of carbonyl (C=O) groups excluding carboxylic acids is 1. The van der Waals surface area contributed by atoms with Crippen LogP contribution in [0.5, 0.6) is 5.88 Å². The van der Waals surface area contributed by atoms with Gasteiger partial charge in [0.15, 0.2) is 0 Å². The molecule has 5 heteroatoms. The largest absolute Gasteiger partial charge is 0.480 e. The summed E-state index contributed by atoms with van der Waals surface area (Å²) in [6, 6.07) is 11.5. The molecule has 108 valence electrons. The molecule has 5 nitrogen and oxygen atoms in total. The minimum absolute atomic E-state index is 0.0733. The Morgan fingerprint density at radius 2 is 2.10 bits per heavy atom. The van der Waals surface area contributed by atoms with Gasteiger partial charge in [-0.15, -0.1) is 0 Å². The first kappa shape index (κ1) is 13.6. The van der Waals surface area contributed by atoms with Crippen LogP contribution in [0, 0.1) is 0 Å². The van der Waals surface area contributed by atoms with E-state index in [0.29, 0.717) is 24.5 Å². The summed E-state index contributed by atoms with van der Waals surface area (Å²) in [5.74, 6) is 0.345. The van der Waals surface area contributed by atoms with Crippen molar-refractivity contribution in [1.82, 2.24) is 10.3 Å². The molecule has 0 aliphatic carbocycles. The molecule has 1 aromatic heterocycles. The highest BCUT2D eigenvalue weighted by molar-refractivity contribution is 5.96. The van der Waals surface area contributed by atoms with Crippen LogP contribution < -0.4 is 15.4 Å². The minimum Gasteiger partial charge on any atom is -0.480 e. The lowest BCUT2D eigenvalue weighted by Gasteiger charge is -2.25. The van der Waals surface area contributed by atoms with Crippen LogP contribution in [0.25, 0.3) is 0 Å². The summed E-state index contributed by atoms with van der Waals surface area (Å²) in [5.41, 5.74) is 3.06. The molecule has 0 bridgehead atoms. The van der Waals surface area contributed by atoms with Crippen molar-refractivity contribution in [2.75, 3.05) is 12.4 Å². The predicted molar refractivity (Wildman–Crippen MR) is 80.2 cm³/mol. The number of rotatable bonds is 3. The molecule has 1 aromatic carbocycles. The Hall–Kier alpha value is -2.40. The molecule has 21 heavy (non-hydrogen) atoms. The summed E-state index contributed by atoms with van der Waals surface area (Å²) < 4.78 is 5.14. The van der Waals surface area contributed by atoms with Crippen LogP contribution in [-0.4, -0.2) is 24.0 Å². The molecule has 2 aromatic rings. The van der Waals surface area contributed by atoms with Crippen molar-refractivity contribution in [3.8, 4) is 5.88 Å². The van der Waals surface area contributed by atoms with Gasteiger partial charge in [0.1, 0.15) is 5.69 Å². The lowest BCUT2D eigenvalue weighted by Crippen LogP contribution is -2.44. The first-order valence-electron chi connectivity index (χ1n) is 6.88. The first-order chi connectivity index (χ1) is 10.3. The van der Waals surface area contributed by atoms with Gasteiger partial charge < -0.3 is 15.4 Å². The Morgan fingerprint density at radius 1 is 1.29 bits per heavy atom. The van der Waals surface area contributed by atoms with E-state index in [9.17, 15) is 4.79 Å². The van der Waals surface area contributed by atoms with Crippen LogP contribution in [0.1, 0.15) is 11.1 Å². The highest BCUT2D eigenvalue weighted by Crippen LogP contribution is 2.21. The van der Waals surface area contributed by atoms with Crippen molar-refractivity contribution < 1.29 is 9.53 Å². The van der Waals surface area contributed by atoms with Gasteiger partial charge in [0.2, 0.25) is 11.8 Å². The second kappa shape index (κ2) is 5.93. The highest BCUT2D eigenvalue weighted by atomic mass is 16.5. The summed E-state index contributed by atoms with van der Waals surface area (Å²) in [4.78, 5) is 16.5. The Kier molecular flexibility index (Phi) is 3.83. The number of amides is 1. The molecule has 0 spiro atoms. The Labute approximate surface area is 123 Å². The van der Waals surface area contributed by atoms with E-state index in [1.54, 1.807) is 18.3 Å². The number of aromatic nitrogens is 1. The molecular weight excluding hydrogens is 266 g/mol. The number of hydrogen-bond acceptors (Lipinski definition) is 4. The van der Waals surface area contributed by atoms with E-state index in [2.05, 4.69) is 27.8 Å². The number of anilines is 1. The van der Waals surface area contributed by atoms with Gasteiger partial charge in [-0.25, -0.2) is 4.98 Å². The van der Waals surface area contributed by atoms with Crippen molar-refractivity contribution in [2.45, 2.75) is 19.0 Å². The lowest BCUT2D eigenvalue weighted by molar-refractivity contribution is -0.118. The monoisotopic (exact) mass is 283 g/mol. The van der Waals surface area contributed by atoms with Crippen LogP contribution in [0.4, 0.5) is 5.69 Å². The quantitative estimate of drug-likeness (QED) is 0.900. The zero-order valence-electron chi connectivity index (χ0n) is 11.8. The predicted octanol–water partition coefficient (Wildman–Crippen LogP) is 1.74. The van der Waals surface area contributed by atoms with Gasteiger partial charge in [0.05, 0.1) is 13.2 Å². The van der Waals surface area contributed by atoms with Crippen molar-refractivity contribution in [3.63, 3.8) is 0 Å². The van der Waals surface area contributed by atoms with E-state index in [1.807, 2.05) is 12.1 Å². The van der Waals surface area contributed by atoms with Gasteiger partial charge in [-0.3, -0.25) is 4.79 Å². The molecule has 0 saturated carbocycles. The fourth-order valence-corrected chi connectivity index (χ4v) is 2.51. The average molecular weight is 283 g/mol. The van der Waals surface area contributed by atoms with Crippen LogP contribution in [0.15, 0.2) is 42.6 Å². The summed E-state index contributed by atoms with van der Waals surface area (Å²) >= 11 is 0. The van der Waals surface area contributed by atoms with Crippen molar-refractivity contribution in [2.24, 2.45) is 0 Å². The third kappa shape index (κ3) is 2.87. The maximum Gasteiger partial charge on any atom is 0.242 e. The molecule has 2 N–H and O–H groups in total. The van der Waals surface area contributed by atoms with Crippen molar-refractivity contribution in [3.05, 3.63) is 53.7 Å². The van der Waals surface area contributed by atoms with Crippen molar-refractivity contribution >= 4 is 11.6 Å². The number of nitrogens with one attached hydrogen (secondary N) is 2. The summed E-state index contributed by atoms with van der Waals surface area (Å²) in [5, 5.41) is 6.13. The fraction of sp³-hybridized carbons (Fsp3) is 0.250. The molecule has 1 amide bonds. The molecule has 1 atom stereocenters. The number of fused-ring (bicyclic) bond motifs is 1. The second-order valence-corrected chi connectivity index (χ2v) is 4.96. The third-order valence-electron chi connectivity index (χ3n) is 3.62. The van der Waals surface area contributed by atoms with E-state index < -0.39 is 0 Å². The highest BCUT2D eigenvalue weighted by Gasteiger charge is 2.24. The summed E-state index contributed by atoms with van der Waals surface area (Å²) in [6.45, 7) is 0.707. The van der Waals surface area contributed by atoms with Crippen LogP contribution >= 0.6 is 0 Å². The topological polar surface area (TPSA) is 63.2 Å². The molecule has 0 radical (unpaired) electrons. The van der Waals surface area contributed by atoms with E-state index in [4.69, 9.17) is 4.74 Å². The normalized spacial score (nSPS) is 16.9. The van der Waals surface area contributed by atoms with Gasteiger partial charge >= 0.3 is 0 Å². The molecule has 3 rings (SSSR count). The fourth-order valence-electron chi connectivity index (χ4n) is 2.51. The molecule has 0 saturated heterocycles. The number of nitrogens with zero attached hydrogens (tertiary/aromatic N) is 1. The molecule has 0 fully saturated rings. The molecular formula is C16H17N3O2.